The summed E-state index contributed by atoms with van der Waals surface area (Å²) in [6.45, 7) is 7.58. The van der Waals surface area contributed by atoms with Gasteiger partial charge in [0, 0.05) is 31.2 Å². The number of ether oxygens (including phenoxy) is 2. The maximum absolute atomic E-state index is 13.0. The topological polar surface area (TPSA) is 59.1 Å². The number of methoxy groups -OCH3 is 1. The van der Waals surface area contributed by atoms with Gasteiger partial charge in [0.25, 0.3) is 5.91 Å². The number of nitrogens with zero attached hydrogens (tertiary/aromatic N) is 2. The molecule has 3 rings (SSSR count). The van der Waals surface area contributed by atoms with Gasteiger partial charge in [-0.15, -0.1) is 0 Å². The van der Waals surface area contributed by atoms with E-state index in [1.807, 2.05) is 43.9 Å². The Hall–Kier alpha value is -2.24. The molecule has 26 heavy (non-hydrogen) atoms. The van der Waals surface area contributed by atoms with Crippen molar-refractivity contribution in [3.63, 3.8) is 0 Å². The van der Waals surface area contributed by atoms with Gasteiger partial charge in [0.1, 0.15) is 11.4 Å². The molecular formula is C20H28N2O4. The third-order valence-electron chi connectivity index (χ3n) is 4.99. The van der Waals surface area contributed by atoms with Gasteiger partial charge in [-0.3, -0.25) is 4.79 Å². The summed E-state index contributed by atoms with van der Waals surface area (Å²) in [5, 5.41) is 0. The summed E-state index contributed by atoms with van der Waals surface area (Å²) in [5.74, 6) is 0.777. The standard InChI is InChI=1S/C20H28N2O4/c1-20(2,3)26-19(24)21-10-8-15(9-11-21)22-12-7-14-5-6-16(25-4)13-17(14)18(22)23/h5-6,13,15H,7-12H2,1-4H3. The predicted octanol–water partition coefficient (Wildman–Crippen LogP) is 3.09. The Morgan fingerprint density at radius 3 is 2.46 bits per heavy atom. The van der Waals surface area contributed by atoms with Gasteiger partial charge >= 0.3 is 6.09 Å². The first-order valence-corrected chi connectivity index (χ1v) is 9.24. The molecule has 1 fully saturated rings. The molecule has 2 amide bonds. The van der Waals surface area contributed by atoms with Crippen LogP contribution >= 0.6 is 0 Å². The van der Waals surface area contributed by atoms with E-state index in [9.17, 15) is 9.59 Å². The highest BCUT2D eigenvalue weighted by atomic mass is 16.6. The first-order valence-electron chi connectivity index (χ1n) is 9.24. The highest BCUT2D eigenvalue weighted by Gasteiger charge is 2.34. The molecule has 0 aromatic heterocycles. The second kappa shape index (κ2) is 7.17. The van der Waals surface area contributed by atoms with Crippen LogP contribution in [0.5, 0.6) is 5.75 Å². The fraction of sp³-hybridized carbons (Fsp3) is 0.600. The van der Waals surface area contributed by atoms with E-state index in [0.29, 0.717) is 18.8 Å². The Morgan fingerprint density at radius 1 is 1.15 bits per heavy atom. The van der Waals surface area contributed by atoms with Gasteiger partial charge in [-0.2, -0.15) is 0 Å². The van der Waals surface area contributed by atoms with Crippen molar-refractivity contribution in [1.29, 1.82) is 0 Å². The Bertz CT molecular complexity index is 688. The first kappa shape index (κ1) is 18.5. The van der Waals surface area contributed by atoms with E-state index < -0.39 is 5.60 Å². The average Bonchev–Trinajstić information content (AvgIpc) is 2.60. The maximum Gasteiger partial charge on any atom is 0.410 e. The highest BCUT2D eigenvalue weighted by Crippen LogP contribution is 2.28. The van der Waals surface area contributed by atoms with Gasteiger partial charge in [0.15, 0.2) is 0 Å². The molecule has 142 valence electrons. The van der Waals surface area contributed by atoms with Gasteiger partial charge in [-0.1, -0.05) is 6.07 Å². The molecule has 0 radical (unpaired) electrons. The van der Waals surface area contributed by atoms with Crippen molar-refractivity contribution in [2.45, 2.75) is 51.7 Å². The number of benzene rings is 1. The van der Waals surface area contributed by atoms with Crippen LogP contribution in [0.4, 0.5) is 4.79 Å². The zero-order chi connectivity index (χ0) is 18.9. The minimum Gasteiger partial charge on any atom is -0.497 e. The lowest BCUT2D eigenvalue weighted by atomic mass is 9.94. The molecule has 0 N–H and O–H groups in total. The smallest absolute Gasteiger partial charge is 0.410 e. The number of rotatable bonds is 2. The largest absolute Gasteiger partial charge is 0.497 e. The fourth-order valence-corrected chi connectivity index (χ4v) is 3.63. The number of hydrogen-bond acceptors (Lipinski definition) is 4. The van der Waals surface area contributed by atoms with Crippen molar-refractivity contribution >= 4 is 12.0 Å². The second-order valence-electron chi connectivity index (χ2n) is 7.97. The number of piperidine rings is 1. The minimum atomic E-state index is -0.487. The number of carbonyl (C=O) groups excluding carboxylic acids is 2. The summed E-state index contributed by atoms with van der Waals surface area (Å²) in [4.78, 5) is 28.9. The summed E-state index contributed by atoms with van der Waals surface area (Å²) < 4.78 is 10.7. The SMILES string of the molecule is COc1ccc2c(c1)C(=O)N(C1CCN(C(=O)OC(C)(C)C)CC1)CC2. The van der Waals surface area contributed by atoms with E-state index in [0.717, 1.165) is 36.9 Å². The fourth-order valence-electron chi connectivity index (χ4n) is 3.63. The number of carbonyl (C=O) groups is 2. The summed E-state index contributed by atoms with van der Waals surface area (Å²) in [5.41, 5.74) is 1.34. The molecule has 2 aliphatic rings. The van der Waals surface area contributed by atoms with Crippen LogP contribution in [0.25, 0.3) is 0 Å². The normalized spacial score (nSPS) is 18.5. The van der Waals surface area contributed by atoms with Crippen LogP contribution in [0, 0.1) is 0 Å². The average molecular weight is 360 g/mol. The predicted molar refractivity (Wildman–Crippen MR) is 98.6 cm³/mol. The van der Waals surface area contributed by atoms with E-state index in [2.05, 4.69) is 0 Å². The van der Waals surface area contributed by atoms with Crippen molar-refractivity contribution in [3.8, 4) is 5.75 Å². The molecular weight excluding hydrogens is 332 g/mol. The van der Waals surface area contributed by atoms with Gasteiger partial charge in [-0.25, -0.2) is 4.79 Å². The molecule has 1 aromatic carbocycles. The Labute approximate surface area is 155 Å². The Kier molecular flexibility index (Phi) is 5.12. The summed E-state index contributed by atoms with van der Waals surface area (Å²) in [6.07, 6.45) is 2.15. The first-order chi connectivity index (χ1) is 12.3. The molecule has 2 heterocycles. The van der Waals surface area contributed by atoms with Crippen LogP contribution in [-0.2, 0) is 11.2 Å². The molecule has 0 atom stereocenters. The molecule has 1 aromatic rings. The number of amides is 2. The Morgan fingerprint density at radius 2 is 1.85 bits per heavy atom. The summed E-state index contributed by atoms with van der Waals surface area (Å²) in [6, 6.07) is 5.88. The molecule has 6 heteroatoms. The lowest BCUT2D eigenvalue weighted by molar-refractivity contribution is 0.0144. The molecule has 0 spiro atoms. The molecule has 2 aliphatic heterocycles. The zero-order valence-electron chi connectivity index (χ0n) is 16.1. The summed E-state index contributed by atoms with van der Waals surface area (Å²) in [7, 11) is 1.61. The number of hydrogen-bond donors (Lipinski definition) is 0. The van der Waals surface area contributed by atoms with Gasteiger partial charge in [0.2, 0.25) is 0 Å². The Balaban J connectivity index is 1.63. The molecule has 0 unspecified atom stereocenters. The lowest BCUT2D eigenvalue weighted by Gasteiger charge is -2.40. The van der Waals surface area contributed by atoms with Crippen molar-refractivity contribution in [2.24, 2.45) is 0 Å². The van der Waals surface area contributed by atoms with Crippen LogP contribution in [0.2, 0.25) is 0 Å². The van der Waals surface area contributed by atoms with Crippen molar-refractivity contribution in [3.05, 3.63) is 29.3 Å². The van der Waals surface area contributed by atoms with E-state index in [1.165, 1.54) is 0 Å². The van der Waals surface area contributed by atoms with Gasteiger partial charge < -0.3 is 19.3 Å². The van der Waals surface area contributed by atoms with Crippen molar-refractivity contribution < 1.29 is 19.1 Å². The maximum atomic E-state index is 13.0. The molecule has 0 bridgehead atoms. The molecule has 0 saturated carbocycles. The second-order valence-corrected chi connectivity index (χ2v) is 7.97. The van der Waals surface area contributed by atoms with Crippen LogP contribution in [-0.4, -0.2) is 60.2 Å². The van der Waals surface area contributed by atoms with Gasteiger partial charge in [-0.05, 0) is 57.7 Å². The van der Waals surface area contributed by atoms with Crippen LogP contribution in [0.3, 0.4) is 0 Å². The minimum absolute atomic E-state index is 0.0702. The molecule has 0 aliphatic carbocycles. The zero-order valence-corrected chi connectivity index (χ0v) is 16.1. The number of likely N-dealkylation sites (tertiary alicyclic amines) is 1. The molecule has 6 nitrogen and oxygen atoms in total. The number of fused-ring (bicyclic) bond motifs is 1. The van der Waals surface area contributed by atoms with Crippen molar-refractivity contribution in [2.75, 3.05) is 26.7 Å². The van der Waals surface area contributed by atoms with Crippen LogP contribution < -0.4 is 4.74 Å². The van der Waals surface area contributed by atoms with Crippen molar-refractivity contribution in [1.82, 2.24) is 9.80 Å². The highest BCUT2D eigenvalue weighted by molar-refractivity contribution is 5.97. The molecule has 1 saturated heterocycles. The van der Waals surface area contributed by atoms with E-state index >= 15 is 0 Å². The monoisotopic (exact) mass is 360 g/mol. The van der Waals surface area contributed by atoms with E-state index in [4.69, 9.17) is 9.47 Å². The van der Waals surface area contributed by atoms with E-state index in [1.54, 1.807) is 12.0 Å². The summed E-state index contributed by atoms with van der Waals surface area (Å²) >= 11 is 0. The van der Waals surface area contributed by atoms with Gasteiger partial charge in [0.05, 0.1) is 7.11 Å². The third-order valence-corrected chi connectivity index (χ3v) is 4.99. The third kappa shape index (κ3) is 3.94. The van der Waals surface area contributed by atoms with Crippen LogP contribution in [0.1, 0.15) is 49.5 Å². The van der Waals surface area contributed by atoms with E-state index in [-0.39, 0.29) is 18.0 Å². The quantitative estimate of drug-likeness (QED) is 0.813. The van der Waals surface area contributed by atoms with Crippen LogP contribution in [0.15, 0.2) is 18.2 Å². The lowest BCUT2D eigenvalue weighted by Crippen LogP contribution is -2.51.